The number of hydrogen-bond donors (Lipinski definition) is 1. The summed E-state index contributed by atoms with van der Waals surface area (Å²) in [7, 11) is 1.29. The Morgan fingerprint density at radius 3 is 2.28 bits per heavy atom. The van der Waals surface area contributed by atoms with E-state index in [0.29, 0.717) is 0 Å². The summed E-state index contributed by atoms with van der Waals surface area (Å²) >= 11 is 0. The van der Waals surface area contributed by atoms with Crippen LogP contribution in [0.3, 0.4) is 0 Å². The molecule has 0 fully saturated rings. The van der Waals surface area contributed by atoms with E-state index in [4.69, 9.17) is 4.74 Å². The Balaban J connectivity index is 2.88. The summed E-state index contributed by atoms with van der Waals surface area (Å²) in [5, 5.41) is 2.48. The van der Waals surface area contributed by atoms with E-state index in [-0.39, 0.29) is 17.2 Å². The molecule has 1 N–H and O–H groups in total. The zero-order valence-electron chi connectivity index (χ0n) is 9.79. The number of benzene rings is 1. The molecule has 0 radical (unpaired) electrons. The molecule has 0 saturated heterocycles. The third-order valence-corrected chi connectivity index (χ3v) is 2.15. The number of halogens is 4. The first-order valence-corrected chi connectivity index (χ1v) is 5.11. The predicted molar refractivity (Wildman–Crippen MR) is 58.7 cm³/mol. The third-order valence-electron chi connectivity index (χ3n) is 2.15. The summed E-state index contributed by atoms with van der Waals surface area (Å²) in [6, 6.07) is 2.89. The van der Waals surface area contributed by atoms with E-state index in [9.17, 15) is 17.6 Å². The Morgan fingerprint density at radius 1 is 1.11 bits per heavy atom. The molecule has 18 heavy (non-hydrogen) atoms. The molecule has 1 atom stereocenters. The van der Waals surface area contributed by atoms with Gasteiger partial charge in [0.15, 0.2) is 11.5 Å². The Kier molecular flexibility index (Phi) is 5.06. The summed E-state index contributed by atoms with van der Waals surface area (Å²) in [5.41, 5.74) is 0.249. The fourth-order valence-electron chi connectivity index (χ4n) is 1.28. The number of nitrogens with one attached hydrogen (secondary N) is 1. The van der Waals surface area contributed by atoms with Crippen LogP contribution < -0.4 is 14.8 Å². The maximum absolute atomic E-state index is 12.3. The van der Waals surface area contributed by atoms with Crippen molar-refractivity contribution >= 4 is 5.69 Å². The lowest BCUT2D eigenvalue weighted by molar-refractivity contribution is -0.0511. The predicted octanol–water partition coefficient (Wildman–Crippen LogP) is 3.36. The van der Waals surface area contributed by atoms with E-state index >= 15 is 0 Å². The monoisotopic (exact) mass is 267 g/mol. The highest BCUT2D eigenvalue weighted by Gasteiger charge is 2.16. The van der Waals surface area contributed by atoms with Gasteiger partial charge in [-0.1, -0.05) is 0 Å². The van der Waals surface area contributed by atoms with E-state index in [1.165, 1.54) is 32.2 Å². The van der Waals surface area contributed by atoms with Crippen LogP contribution in [0.1, 0.15) is 6.92 Å². The molecule has 0 aromatic heterocycles. The smallest absolute Gasteiger partial charge is 0.387 e. The summed E-state index contributed by atoms with van der Waals surface area (Å²) in [5.74, 6) is -0.107. The number of methoxy groups -OCH3 is 1. The first kappa shape index (κ1) is 14.4. The zero-order valence-corrected chi connectivity index (χ0v) is 9.79. The maximum atomic E-state index is 12.3. The van der Waals surface area contributed by atoms with Gasteiger partial charge in [0, 0.05) is 11.8 Å². The van der Waals surface area contributed by atoms with Crippen molar-refractivity contribution in [2.75, 3.05) is 12.4 Å². The van der Waals surface area contributed by atoms with E-state index in [0.717, 1.165) is 0 Å². The van der Waals surface area contributed by atoms with E-state index in [1.54, 1.807) is 0 Å². The molecule has 0 aliphatic heterocycles. The molecule has 102 valence electrons. The molecule has 0 spiro atoms. The van der Waals surface area contributed by atoms with Gasteiger partial charge in [0.25, 0.3) is 6.43 Å². The lowest BCUT2D eigenvalue weighted by Gasteiger charge is -2.16. The molecule has 0 aliphatic carbocycles. The zero-order chi connectivity index (χ0) is 13.7. The van der Waals surface area contributed by atoms with Gasteiger partial charge in [-0.2, -0.15) is 8.78 Å². The Labute approximate surface area is 102 Å². The molecular weight excluding hydrogens is 254 g/mol. The van der Waals surface area contributed by atoms with Gasteiger partial charge in [-0.3, -0.25) is 0 Å². The fraction of sp³-hybridized carbons (Fsp3) is 0.455. The largest absolute Gasteiger partial charge is 0.493 e. The molecule has 1 aromatic carbocycles. The first-order chi connectivity index (χ1) is 8.43. The third kappa shape index (κ3) is 3.97. The van der Waals surface area contributed by atoms with Gasteiger partial charge in [-0.05, 0) is 19.1 Å². The normalized spacial score (nSPS) is 12.7. The Bertz CT molecular complexity index is 387. The van der Waals surface area contributed by atoms with Gasteiger partial charge in [-0.25, -0.2) is 8.78 Å². The van der Waals surface area contributed by atoms with E-state index in [2.05, 4.69) is 10.1 Å². The summed E-state index contributed by atoms with van der Waals surface area (Å²) in [6.07, 6.45) is -2.56. The average molecular weight is 267 g/mol. The number of anilines is 1. The topological polar surface area (TPSA) is 30.5 Å². The minimum Gasteiger partial charge on any atom is -0.493 e. The molecule has 3 nitrogen and oxygen atoms in total. The second-order valence-corrected chi connectivity index (χ2v) is 3.51. The average Bonchev–Trinajstić information content (AvgIpc) is 2.28. The molecular formula is C11H13F4NO2. The number of ether oxygens (including phenoxy) is 2. The Hall–Kier alpha value is -1.66. The Morgan fingerprint density at radius 2 is 1.78 bits per heavy atom. The highest BCUT2D eigenvalue weighted by Crippen LogP contribution is 2.31. The molecule has 1 aromatic rings. The quantitative estimate of drug-likeness (QED) is 0.802. The van der Waals surface area contributed by atoms with Crippen LogP contribution in [0.2, 0.25) is 0 Å². The van der Waals surface area contributed by atoms with Crippen LogP contribution in [0.4, 0.5) is 23.2 Å². The van der Waals surface area contributed by atoms with Crippen molar-refractivity contribution < 1.29 is 27.0 Å². The number of rotatable bonds is 6. The molecule has 0 saturated carbocycles. The molecule has 1 rings (SSSR count). The number of hydrogen-bond acceptors (Lipinski definition) is 3. The van der Waals surface area contributed by atoms with E-state index in [1.807, 2.05) is 0 Å². The van der Waals surface area contributed by atoms with Crippen LogP contribution in [0.25, 0.3) is 0 Å². The van der Waals surface area contributed by atoms with Crippen molar-refractivity contribution in [2.45, 2.75) is 26.0 Å². The molecule has 0 heterocycles. The van der Waals surface area contributed by atoms with Crippen LogP contribution in [0, 0.1) is 0 Å². The summed E-state index contributed by atoms with van der Waals surface area (Å²) < 4.78 is 58.0. The first-order valence-electron chi connectivity index (χ1n) is 5.11. The highest BCUT2D eigenvalue weighted by molar-refractivity contribution is 5.55. The summed E-state index contributed by atoms with van der Waals surface area (Å²) in [4.78, 5) is 0. The molecule has 7 heteroatoms. The SMILES string of the molecule is COc1ccc(NC(C)C(F)F)cc1OC(F)F. The van der Waals surface area contributed by atoms with Gasteiger partial charge < -0.3 is 14.8 Å². The van der Waals surface area contributed by atoms with Gasteiger partial charge in [0.05, 0.1) is 13.2 Å². The van der Waals surface area contributed by atoms with Crippen LogP contribution in [0.15, 0.2) is 18.2 Å². The van der Waals surface area contributed by atoms with Crippen molar-refractivity contribution in [3.8, 4) is 11.5 Å². The fourth-order valence-corrected chi connectivity index (χ4v) is 1.28. The maximum Gasteiger partial charge on any atom is 0.387 e. The van der Waals surface area contributed by atoms with E-state index < -0.39 is 19.1 Å². The minimum atomic E-state index is -3.01. The molecule has 0 bridgehead atoms. The standard InChI is InChI=1S/C11H13F4NO2/c1-6(10(12)13)16-7-3-4-8(17-2)9(5-7)18-11(14)15/h3-6,10-11,16H,1-2H3. The molecule has 0 aliphatic rings. The van der Waals surface area contributed by atoms with Crippen LogP contribution in [0.5, 0.6) is 11.5 Å². The van der Waals surface area contributed by atoms with Crippen LogP contribution in [-0.2, 0) is 0 Å². The van der Waals surface area contributed by atoms with Gasteiger partial charge in [-0.15, -0.1) is 0 Å². The minimum absolute atomic E-state index is 0.102. The molecule has 1 unspecified atom stereocenters. The lowest BCUT2D eigenvalue weighted by atomic mass is 10.2. The van der Waals surface area contributed by atoms with Gasteiger partial charge >= 0.3 is 6.61 Å². The number of alkyl halides is 4. The lowest BCUT2D eigenvalue weighted by Crippen LogP contribution is -2.23. The van der Waals surface area contributed by atoms with Gasteiger partial charge in [0.1, 0.15) is 0 Å². The van der Waals surface area contributed by atoms with Crippen molar-refractivity contribution in [3.63, 3.8) is 0 Å². The van der Waals surface area contributed by atoms with Gasteiger partial charge in [0.2, 0.25) is 0 Å². The second kappa shape index (κ2) is 6.32. The van der Waals surface area contributed by atoms with Crippen molar-refractivity contribution in [1.29, 1.82) is 0 Å². The van der Waals surface area contributed by atoms with Crippen LogP contribution >= 0.6 is 0 Å². The van der Waals surface area contributed by atoms with Crippen molar-refractivity contribution in [1.82, 2.24) is 0 Å². The van der Waals surface area contributed by atoms with Crippen LogP contribution in [-0.4, -0.2) is 26.2 Å². The highest BCUT2D eigenvalue weighted by atomic mass is 19.3. The molecule has 0 amide bonds. The second-order valence-electron chi connectivity index (χ2n) is 3.51. The van der Waals surface area contributed by atoms with Crippen molar-refractivity contribution in [3.05, 3.63) is 18.2 Å². The van der Waals surface area contributed by atoms with Crippen molar-refractivity contribution in [2.24, 2.45) is 0 Å². The summed E-state index contributed by atoms with van der Waals surface area (Å²) in [6.45, 7) is -1.73.